The summed E-state index contributed by atoms with van der Waals surface area (Å²) in [6.45, 7) is 1.90. The molecule has 0 aliphatic heterocycles. The maximum atomic E-state index is 8.74. The molecule has 78 valence electrons. The second-order valence-electron chi connectivity index (χ2n) is 3.36. The Bertz CT molecular complexity index is 529. The number of ether oxygens (including phenoxy) is 1. The Morgan fingerprint density at radius 3 is 2.75 bits per heavy atom. The first-order chi connectivity index (χ1) is 7.79. The molecule has 0 amide bonds. The molecule has 1 heterocycles. The summed E-state index contributed by atoms with van der Waals surface area (Å²) < 4.78 is 5.59. The van der Waals surface area contributed by atoms with E-state index < -0.39 is 0 Å². The van der Waals surface area contributed by atoms with Crippen molar-refractivity contribution < 1.29 is 4.74 Å². The third kappa shape index (κ3) is 2.18. The molecule has 0 aliphatic carbocycles. The summed E-state index contributed by atoms with van der Waals surface area (Å²) in [6, 6.07) is 12.9. The van der Waals surface area contributed by atoms with Gasteiger partial charge in [-0.05, 0) is 36.8 Å². The average Bonchev–Trinajstić information content (AvgIpc) is 2.33. The van der Waals surface area contributed by atoms with Crippen LogP contribution < -0.4 is 4.74 Å². The first-order valence-electron chi connectivity index (χ1n) is 4.89. The summed E-state index contributed by atoms with van der Waals surface area (Å²) in [5.41, 5.74) is 1.55. The Morgan fingerprint density at radius 1 is 1.25 bits per heavy atom. The maximum absolute atomic E-state index is 8.74. The zero-order chi connectivity index (χ0) is 11.4. The van der Waals surface area contributed by atoms with Crippen LogP contribution in [0.15, 0.2) is 42.6 Å². The lowest BCUT2D eigenvalue weighted by molar-refractivity contribution is 0.459. The van der Waals surface area contributed by atoms with Crippen molar-refractivity contribution in [2.45, 2.75) is 6.92 Å². The number of rotatable bonds is 2. The number of pyridine rings is 1. The molecule has 0 N–H and O–H groups in total. The highest BCUT2D eigenvalue weighted by Crippen LogP contribution is 2.23. The molecule has 3 nitrogen and oxygen atoms in total. The second-order valence-corrected chi connectivity index (χ2v) is 3.36. The van der Waals surface area contributed by atoms with Crippen molar-refractivity contribution in [3.05, 3.63) is 53.7 Å². The van der Waals surface area contributed by atoms with Crippen LogP contribution in [0.5, 0.6) is 11.6 Å². The number of nitrogens with zero attached hydrogens (tertiary/aromatic N) is 2. The molecule has 0 aliphatic rings. The lowest BCUT2D eigenvalue weighted by Gasteiger charge is -2.07. The summed E-state index contributed by atoms with van der Waals surface area (Å²) in [5, 5.41) is 8.74. The Morgan fingerprint density at radius 2 is 2.12 bits per heavy atom. The molecule has 0 spiro atoms. The standard InChI is InChI=1S/C13H10N2O/c1-10-8-11(9-14)5-6-12(10)16-13-4-2-3-7-15-13/h2-8H,1H3. The van der Waals surface area contributed by atoms with Crippen LogP contribution in [0.4, 0.5) is 0 Å². The summed E-state index contributed by atoms with van der Waals surface area (Å²) in [4.78, 5) is 4.07. The maximum Gasteiger partial charge on any atom is 0.219 e. The smallest absolute Gasteiger partial charge is 0.219 e. The van der Waals surface area contributed by atoms with Gasteiger partial charge in [0.2, 0.25) is 5.88 Å². The zero-order valence-corrected chi connectivity index (χ0v) is 8.84. The van der Waals surface area contributed by atoms with Crippen molar-refractivity contribution >= 4 is 0 Å². The van der Waals surface area contributed by atoms with Gasteiger partial charge in [0.1, 0.15) is 5.75 Å². The average molecular weight is 210 g/mol. The van der Waals surface area contributed by atoms with Crippen LogP contribution in [0.25, 0.3) is 0 Å². The first-order valence-corrected chi connectivity index (χ1v) is 4.89. The lowest BCUT2D eigenvalue weighted by atomic mass is 10.1. The summed E-state index contributed by atoms with van der Waals surface area (Å²) in [6.07, 6.45) is 1.67. The van der Waals surface area contributed by atoms with Gasteiger partial charge in [0.05, 0.1) is 11.6 Å². The molecule has 1 aromatic carbocycles. The molecule has 1 aromatic heterocycles. The van der Waals surface area contributed by atoms with E-state index in [0.29, 0.717) is 11.4 Å². The quantitative estimate of drug-likeness (QED) is 0.765. The fourth-order valence-electron chi connectivity index (χ4n) is 1.35. The predicted octanol–water partition coefficient (Wildman–Crippen LogP) is 3.05. The van der Waals surface area contributed by atoms with Gasteiger partial charge in [0.15, 0.2) is 0 Å². The van der Waals surface area contributed by atoms with E-state index in [4.69, 9.17) is 10.00 Å². The normalized spacial score (nSPS) is 9.50. The highest BCUT2D eigenvalue weighted by atomic mass is 16.5. The van der Waals surface area contributed by atoms with E-state index in [2.05, 4.69) is 11.1 Å². The predicted molar refractivity (Wildman–Crippen MR) is 60.2 cm³/mol. The SMILES string of the molecule is Cc1cc(C#N)ccc1Oc1ccccn1. The van der Waals surface area contributed by atoms with E-state index >= 15 is 0 Å². The largest absolute Gasteiger partial charge is 0.439 e. The van der Waals surface area contributed by atoms with Gasteiger partial charge in [-0.1, -0.05) is 6.07 Å². The van der Waals surface area contributed by atoms with Crippen molar-refractivity contribution in [1.82, 2.24) is 4.98 Å². The van der Waals surface area contributed by atoms with Crippen LogP contribution >= 0.6 is 0 Å². The van der Waals surface area contributed by atoms with Gasteiger partial charge >= 0.3 is 0 Å². The molecule has 0 fully saturated rings. The summed E-state index contributed by atoms with van der Waals surface area (Å²) >= 11 is 0. The fourth-order valence-corrected chi connectivity index (χ4v) is 1.35. The summed E-state index contributed by atoms with van der Waals surface area (Å²) in [5.74, 6) is 1.27. The number of aromatic nitrogens is 1. The van der Waals surface area contributed by atoms with Crippen LogP contribution in [0, 0.1) is 18.3 Å². The minimum absolute atomic E-state index is 0.551. The molecule has 0 saturated heterocycles. The van der Waals surface area contributed by atoms with Crippen molar-refractivity contribution in [2.75, 3.05) is 0 Å². The lowest BCUT2D eigenvalue weighted by Crippen LogP contribution is -1.90. The Hall–Kier alpha value is -2.34. The Labute approximate surface area is 93.9 Å². The molecular weight excluding hydrogens is 200 g/mol. The molecule has 0 unspecified atom stereocenters. The number of nitriles is 1. The molecule has 0 radical (unpaired) electrons. The highest BCUT2D eigenvalue weighted by Gasteiger charge is 2.02. The fraction of sp³-hybridized carbons (Fsp3) is 0.0769. The van der Waals surface area contributed by atoms with Crippen LogP contribution in [0.3, 0.4) is 0 Å². The van der Waals surface area contributed by atoms with Crippen molar-refractivity contribution in [2.24, 2.45) is 0 Å². The molecule has 0 bridgehead atoms. The van der Waals surface area contributed by atoms with Gasteiger partial charge in [0, 0.05) is 12.3 Å². The van der Waals surface area contributed by atoms with Crippen molar-refractivity contribution in [3.8, 4) is 17.7 Å². The zero-order valence-electron chi connectivity index (χ0n) is 8.84. The molecule has 3 heteroatoms. The van der Waals surface area contributed by atoms with Gasteiger partial charge in [-0.2, -0.15) is 5.26 Å². The minimum Gasteiger partial charge on any atom is -0.439 e. The molecule has 0 saturated carbocycles. The second kappa shape index (κ2) is 4.45. The highest BCUT2D eigenvalue weighted by molar-refractivity contribution is 5.42. The van der Waals surface area contributed by atoms with E-state index in [1.807, 2.05) is 19.1 Å². The van der Waals surface area contributed by atoms with Gasteiger partial charge in [-0.3, -0.25) is 0 Å². The third-order valence-electron chi connectivity index (χ3n) is 2.16. The summed E-state index contributed by atoms with van der Waals surface area (Å²) in [7, 11) is 0. The molecule has 0 atom stereocenters. The monoisotopic (exact) mass is 210 g/mol. The van der Waals surface area contributed by atoms with Gasteiger partial charge < -0.3 is 4.74 Å². The number of benzene rings is 1. The number of aryl methyl sites for hydroxylation is 1. The van der Waals surface area contributed by atoms with E-state index in [9.17, 15) is 0 Å². The van der Waals surface area contributed by atoms with E-state index in [1.165, 1.54) is 0 Å². The van der Waals surface area contributed by atoms with Crippen molar-refractivity contribution in [1.29, 1.82) is 5.26 Å². The Kier molecular flexibility index (Phi) is 2.84. The molecule has 2 aromatic rings. The first kappa shape index (κ1) is 10.2. The molecular formula is C13H10N2O. The number of hydrogen-bond donors (Lipinski definition) is 0. The number of hydrogen-bond acceptors (Lipinski definition) is 3. The van der Waals surface area contributed by atoms with E-state index in [-0.39, 0.29) is 0 Å². The van der Waals surface area contributed by atoms with Crippen LogP contribution in [0.1, 0.15) is 11.1 Å². The van der Waals surface area contributed by atoms with Crippen molar-refractivity contribution in [3.63, 3.8) is 0 Å². The Balaban J connectivity index is 2.27. The van der Waals surface area contributed by atoms with E-state index in [0.717, 1.165) is 11.3 Å². The van der Waals surface area contributed by atoms with Crippen LogP contribution in [-0.2, 0) is 0 Å². The van der Waals surface area contributed by atoms with Gasteiger partial charge in [-0.15, -0.1) is 0 Å². The van der Waals surface area contributed by atoms with Crippen LogP contribution in [0.2, 0.25) is 0 Å². The van der Waals surface area contributed by atoms with E-state index in [1.54, 1.807) is 30.5 Å². The third-order valence-corrected chi connectivity index (χ3v) is 2.16. The minimum atomic E-state index is 0.551. The van der Waals surface area contributed by atoms with Crippen LogP contribution in [-0.4, -0.2) is 4.98 Å². The molecule has 2 rings (SSSR count). The molecule has 16 heavy (non-hydrogen) atoms. The van der Waals surface area contributed by atoms with Gasteiger partial charge in [-0.25, -0.2) is 4.98 Å². The van der Waals surface area contributed by atoms with Gasteiger partial charge in [0.25, 0.3) is 0 Å². The topological polar surface area (TPSA) is 45.9 Å².